The van der Waals surface area contributed by atoms with Gasteiger partial charge in [-0.2, -0.15) is 0 Å². The lowest BCUT2D eigenvalue weighted by molar-refractivity contribution is 0.0406. The van der Waals surface area contributed by atoms with Crippen molar-refractivity contribution in [1.82, 2.24) is 10.3 Å². The van der Waals surface area contributed by atoms with Crippen LogP contribution in [0.3, 0.4) is 0 Å². The van der Waals surface area contributed by atoms with Crippen LogP contribution in [0.1, 0.15) is 34.1 Å². The SMILES string of the molecule is CC(C)CNCCOCCOCCN(N)/C(=C\N)CCOC(C)C. The zero-order valence-corrected chi connectivity index (χ0v) is 15.9. The monoisotopic (exact) mass is 346 g/mol. The summed E-state index contributed by atoms with van der Waals surface area (Å²) in [5.74, 6) is 6.64. The number of hydrazine groups is 1. The van der Waals surface area contributed by atoms with E-state index in [9.17, 15) is 0 Å². The minimum atomic E-state index is 0.208. The van der Waals surface area contributed by atoms with Crippen molar-refractivity contribution < 1.29 is 14.2 Å². The maximum Gasteiger partial charge on any atom is 0.0701 e. The fourth-order valence-electron chi connectivity index (χ4n) is 1.89. The van der Waals surface area contributed by atoms with Crippen LogP contribution in [0.2, 0.25) is 0 Å². The molecule has 0 spiro atoms. The van der Waals surface area contributed by atoms with Crippen LogP contribution in [0.4, 0.5) is 0 Å². The molecule has 0 aliphatic rings. The minimum absolute atomic E-state index is 0.208. The number of hydrogen-bond acceptors (Lipinski definition) is 7. The third-order valence-electron chi connectivity index (χ3n) is 3.19. The number of rotatable bonds is 16. The second kappa shape index (κ2) is 15.7. The first kappa shape index (κ1) is 23.1. The van der Waals surface area contributed by atoms with E-state index in [4.69, 9.17) is 25.8 Å². The summed E-state index contributed by atoms with van der Waals surface area (Å²) in [6, 6.07) is 0. The lowest BCUT2D eigenvalue weighted by Gasteiger charge is -2.22. The second-order valence-electron chi connectivity index (χ2n) is 6.34. The summed E-state index contributed by atoms with van der Waals surface area (Å²) < 4.78 is 16.5. The van der Waals surface area contributed by atoms with E-state index in [0.29, 0.717) is 51.9 Å². The maximum absolute atomic E-state index is 5.98. The molecule has 7 heteroatoms. The molecule has 0 aromatic rings. The molecule has 144 valence electrons. The second-order valence-corrected chi connectivity index (χ2v) is 6.34. The fraction of sp³-hybridized carbons (Fsp3) is 0.882. The molecular formula is C17H38N4O3. The molecule has 0 saturated heterocycles. The largest absolute Gasteiger partial charge is 0.403 e. The van der Waals surface area contributed by atoms with Crippen LogP contribution in [0.25, 0.3) is 0 Å². The van der Waals surface area contributed by atoms with Gasteiger partial charge in [-0.1, -0.05) is 13.8 Å². The number of nitrogens with one attached hydrogen (secondary N) is 1. The molecule has 0 rings (SSSR count). The Morgan fingerprint density at radius 1 is 1.04 bits per heavy atom. The molecule has 0 aliphatic carbocycles. The Hall–Kier alpha value is -0.860. The number of nitrogens with zero attached hydrogens (tertiary/aromatic N) is 1. The average molecular weight is 347 g/mol. The van der Waals surface area contributed by atoms with E-state index in [1.807, 2.05) is 13.8 Å². The van der Waals surface area contributed by atoms with E-state index >= 15 is 0 Å². The number of nitrogens with two attached hydrogens (primary N) is 2. The van der Waals surface area contributed by atoms with E-state index in [1.54, 1.807) is 5.01 Å². The van der Waals surface area contributed by atoms with Crippen molar-refractivity contribution in [2.45, 2.75) is 40.2 Å². The molecule has 0 fully saturated rings. The Morgan fingerprint density at radius 2 is 1.71 bits per heavy atom. The van der Waals surface area contributed by atoms with Gasteiger partial charge in [0.05, 0.1) is 45.7 Å². The van der Waals surface area contributed by atoms with E-state index < -0.39 is 0 Å². The standard InChI is InChI=1S/C17H38N4O3/c1-15(2)14-20-6-9-22-11-12-23-10-7-21(19)17(13-18)5-8-24-16(3)4/h13,15-16,20H,5-12,14,18-19H2,1-4H3/b17-13-. The van der Waals surface area contributed by atoms with Crippen molar-refractivity contribution >= 4 is 0 Å². The molecule has 7 nitrogen and oxygen atoms in total. The molecule has 0 amide bonds. The van der Waals surface area contributed by atoms with Gasteiger partial charge in [-0.3, -0.25) is 0 Å². The molecule has 0 aliphatic heterocycles. The highest BCUT2D eigenvalue weighted by atomic mass is 16.5. The lowest BCUT2D eigenvalue weighted by atomic mass is 10.2. The summed E-state index contributed by atoms with van der Waals surface area (Å²) in [7, 11) is 0. The van der Waals surface area contributed by atoms with Gasteiger partial charge in [0.1, 0.15) is 0 Å². The van der Waals surface area contributed by atoms with Gasteiger partial charge in [0, 0.05) is 24.9 Å². The van der Waals surface area contributed by atoms with E-state index in [-0.39, 0.29) is 6.10 Å². The summed E-state index contributed by atoms with van der Waals surface area (Å²) in [5, 5.41) is 4.94. The van der Waals surface area contributed by atoms with Gasteiger partial charge >= 0.3 is 0 Å². The highest BCUT2D eigenvalue weighted by Gasteiger charge is 2.05. The smallest absolute Gasteiger partial charge is 0.0701 e. The van der Waals surface area contributed by atoms with Crippen LogP contribution in [-0.4, -0.2) is 63.8 Å². The zero-order valence-electron chi connectivity index (χ0n) is 15.9. The van der Waals surface area contributed by atoms with Crippen LogP contribution in [0, 0.1) is 5.92 Å². The third-order valence-corrected chi connectivity index (χ3v) is 3.19. The first-order valence-corrected chi connectivity index (χ1v) is 8.88. The first-order chi connectivity index (χ1) is 11.5. The lowest BCUT2D eigenvalue weighted by Crippen LogP contribution is -2.35. The molecule has 5 N–H and O–H groups in total. The van der Waals surface area contributed by atoms with Crippen molar-refractivity contribution in [2.75, 3.05) is 52.7 Å². The molecule has 0 atom stereocenters. The Kier molecular flexibility index (Phi) is 15.1. The Bertz CT molecular complexity index is 312. The van der Waals surface area contributed by atoms with Crippen molar-refractivity contribution in [3.63, 3.8) is 0 Å². The summed E-state index contributed by atoms with van der Waals surface area (Å²) in [6.07, 6.45) is 2.42. The predicted molar refractivity (Wildman–Crippen MR) is 98.2 cm³/mol. The summed E-state index contributed by atoms with van der Waals surface area (Å²) in [5.41, 5.74) is 6.47. The molecule has 0 aromatic carbocycles. The topological polar surface area (TPSA) is 95.0 Å². The van der Waals surface area contributed by atoms with Crippen molar-refractivity contribution in [2.24, 2.45) is 17.5 Å². The molecule has 0 saturated carbocycles. The number of ether oxygens (including phenoxy) is 3. The molecule has 0 radical (unpaired) electrons. The minimum Gasteiger partial charge on any atom is -0.403 e. The van der Waals surface area contributed by atoms with Crippen LogP contribution >= 0.6 is 0 Å². The van der Waals surface area contributed by atoms with Gasteiger partial charge in [0.2, 0.25) is 0 Å². The quantitative estimate of drug-likeness (QED) is 0.218. The third kappa shape index (κ3) is 14.7. The van der Waals surface area contributed by atoms with Gasteiger partial charge in [-0.05, 0) is 26.3 Å². The summed E-state index contributed by atoms with van der Waals surface area (Å²) in [6.45, 7) is 13.9. The Balaban J connectivity index is 3.51. The summed E-state index contributed by atoms with van der Waals surface area (Å²) in [4.78, 5) is 0. The zero-order chi connectivity index (χ0) is 18.2. The predicted octanol–water partition coefficient (Wildman–Crippen LogP) is 1.06. The van der Waals surface area contributed by atoms with Gasteiger partial charge < -0.3 is 30.3 Å². The molecule has 0 heterocycles. The molecule has 0 unspecified atom stereocenters. The highest BCUT2D eigenvalue weighted by Crippen LogP contribution is 2.04. The normalized spacial score (nSPS) is 12.4. The Labute approximate surface area is 147 Å². The van der Waals surface area contributed by atoms with Crippen molar-refractivity contribution in [1.29, 1.82) is 0 Å². The molecule has 0 aromatic heterocycles. The van der Waals surface area contributed by atoms with Crippen molar-refractivity contribution in [3.8, 4) is 0 Å². The van der Waals surface area contributed by atoms with Gasteiger partial charge in [-0.25, -0.2) is 5.84 Å². The van der Waals surface area contributed by atoms with Crippen molar-refractivity contribution in [3.05, 3.63) is 11.9 Å². The van der Waals surface area contributed by atoms with E-state index in [2.05, 4.69) is 19.2 Å². The number of hydrogen-bond donors (Lipinski definition) is 3. The average Bonchev–Trinajstić information content (AvgIpc) is 2.52. The fourth-order valence-corrected chi connectivity index (χ4v) is 1.89. The maximum atomic E-state index is 5.98. The molecular weight excluding hydrogens is 308 g/mol. The van der Waals surface area contributed by atoms with Crippen LogP contribution < -0.4 is 16.9 Å². The van der Waals surface area contributed by atoms with E-state index in [0.717, 1.165) is 18.8 Å². The summed E-state index contributed by atoms with van der Waals surface area (Å²) >= 11 is 0. The van der Waals surface area contributed by atoms with Crippen LogP contribution in [0.5, 0.6) is 0 Å². The highest BCUT2D eigenvalue weighted by molar-refractivity contribution is 4.96. The first-order valence-electron chi connectivity index (χ1n) is 8.88. The molecule has 0 bridgehead atoms. The Morgan fingerprint density at radius 3 is 2.29 bits per heavy atom. The molecule has 24 heavy (non-hydrogen) atoms. The van der Waals surface area contributed by atoms with Gasteiger partial charge in [0.25, 0.3) is 0 Å². The van der Waals surface area contributed by atoms with Gasteiger partial charge in [-0.15, -0.1) is 0 Å². The van der Waals surface area contributed by atoms with Crippen LogP contribution in [0.15, 0.2) is 11.9 Å². The van der Waals surface area contributed by atoms with Gasteiger partial charge in [0.15, 0.2) is 0 Å². The van der Waals surface area contributed by atoms with Crippen LogP contribution in [-0.2, 0) is 14.2 Å². The van der Waals surface area contributed by atoms with E-state index in [1.165, 1.54) is 6.20 Å².